The second-order valence-electron chi connectivity index (χ2n) is 4.77. The maximum Gasteiger partial charge on any atom is 0.307 e. The summed E-state index contributed by atoms with van der Waals surface area (Å²) >= 11 is 0. The highest BCUT2D eigenvalue weighted by molar-refractivity contribution is 5.94. The number of aliphatic carboxylic acids is 1. The first-order valence-corrected chi connectivity index (χ1v) is 6.54. The minimum atomic E-state index is -0.892. The number of hydrogen-bond acceptors (Lipinski definition) is 3. The highest BCUT2D eigenvalue weighted by Crippen LogP contribution is 2.10. The molecule has 108 valence electrons. The van der Waals surface area contributed by atoms with Crippen LogP contribution in [0.1, 0.15) is 27.0 Å². The van der Waals surface area contributed by atoms with Gasteiger partial charge in [-0.2, -0.15) is 0 Å². The van der Waals surface area contributed by atoms with Gasteiger partial charge in [-0.25, -0.2) is 0 Å². The zero-order chi connectivity index (χ0) is 15.2. The van der Waals surface area contributed by atoms with Crippen LogP contribution >= 0.6 is 0 Å². The number of carboxylic acids is 1. The van der Waals surface area contributed by atoms with E-state index in [0.29, 0.717) is 11.1 Å². The average Bonchev–Trinajstić information content (AvgIpc) is 2.45. The number of amides is 1. The molecule has 2 aromatic rings. The summed E-state index contributed by atoms with van der Waals surface area (Å²) in [5, 5.41) is 11.7. The predicted molar refractivity (Wildman–Crippen MR) is 77.9 cm³/mol. The molecule has 0 aliphatic rings. The molecule has 2 N–H and O–H groups in total. The number of carbonyl (C=O) groups excluding carboxylic acids is 1. The van der Waals surface area contributed by atoms with Gasteiger partial charge in [0.1, 0.15) is 0 Å². The molecule has 1 aromatic heterocycles. The van der Waals surface area contributed by atoms with Crippen LogP contribution in [-0.2, 0) is 17.8 Å². The smallest absolute Gasteiger partial charge is 0.307 e. The molecule has 1 heterocycles. The SMILES string of the molecule is Cc1cncc(C(=O)NCc2ccccc2CC(=O)O)c1. The zero-order valence-electron chi connectivity index (χ0n) is 11.7. The molecule has 0 atom stereocenters. The molecule has 0 saturated heterocycles. The van der Waals surface area contributed by atoms with E-state index >= 15 is 0 Å². The lowest BCUT2D eigenvalue weighted by atomic mass is 10.0. The molecule has 2 rings (SSSR count). The fraction of sp³-hybridized carbons (Fsp3) is 0.188. The first kappa shape index (κ1) is 14.7. The van der Waals surface area contributed by atoms with Gasteiger partial charge in [0.25, 0.3) is 5.91 Å². The van der Waals surface area contributed by atoms with Gasteiger partial charge in [-0.3, -0.25) is 14.6 Å². The summed E-state index contributed by atoms with van der Waals surface area (Å²) < 4.78 is 0. The van der Waals surface area contributed by atoms with Crippen LogP contribution in [0.4, 0.5) is 0 Å². The second-order valence-corrected chi connectivity index (χ2v) is 4.77. The summed E-state index contributed by atoms with van der Waals surface area (Å²) in [6.45, 7) is 2.15. The van der Waals surface area contributed by atoms with E-state index in [1.807, 2.05) is 19.1 Å². The van der Waals surface area contributed by atoms with Crippen LogP contribution in [0.15, 0.2) is 42.7 Å². The zero-order valence-corrected chi connectivity index (χ0v) is 11.7. The van der Waals surface area contributed by atoms with Gasteiger partial charge >= 0.3 is 5.97 Å². The summed E-state index contributed by atoms with van der Waals surface area (Å²) in [6, 6.07) is 8.93. The highest BCUT2D eigenvalue weighted by Gasteiger charge is 2.09. The molecule has 0 saturated carbocycles. The molecule has 0 aliphatic heterocycles. The molecule has 5 heteroatoms. The number of carbonyl (C=O) groups is 2. The van der Waals surface area contributed by atoms with Gasteiger partial charge in [-0.1, -0.05) is 24.3 Å². The first-order valence-electron chi connectivity index (χ1n) is 6.54. The van der Waals surface area contributed by atoms with E-state index in [4.69, 9.17) is 5.11 Å². The van der Waals surface area contributed by atoms with Crippen LogP contribution in [0.5, 0.6) is 0 Å². The van der Waals surface area contributed by atoms with Crippen LogP contribution in [0, 0.1) is 6.92 Å². The van der Waals surface area contributed by atoms with Crippen molar-refractivity contribution in [3.63, 3.8) is 0 Å². The number of nitrogens with zero attached hydrogens (tertiary/aromatic N) is 1. The molecule has 0 unspecified atom stereocenters. The Morgan fingerprint density at radius 1 is 1.19 bits per heavy atom. The van der Waals surface area contributed by atoms with Gasteiger partial charge in [-0.15, -0.1) is 0 Å². The van der Waals surface area contributed by atoms with Crippen molar-refractivity contribution in [2.45, 2.75) is 19.9 Å². The maximum atomic E-state index is 12.0. The fourth-order valence-electron chi connectivity index (χ4n) is 2.02. The summed E-state index contributed by atoms with van der Waals surface area (Å²) in [7, 11) is 0. The van der Waals surface area contributed by atoms with E-state index in [9.17, 15) is 9.59 Å². The molecule has 0 bridgehead atoms. The minimum Gasteiger partial charge on any atom is -0.481 e. The first-order chi connectivity index (χ1) is 10.1. The molecule has 21 heavy (non-hydrogen) atoms. The van der Waals surface area contributed by atoms with E-state index in [1.165, 1.54) is 6.20 Å². The van der Waals surface area contributed by atoms with Gasteiger partial charge in [0.05, 0.1) is 12.0 Å². The van der Waals surface area contributed by atoms with Gasteiger partial charge in [0.2, 0.25) is 0 Å². The Morgan fingerprint density at radius 3 is 2.57 bits per heavy atom. The molecule has 0 fully saturated rings. The second kappa shape index (κ2) is 6.65. The molecular formula is C16H16N2O3. The van der Waals surface area contributed by atoms with Crippen molar-refractivity contribution in [2.24, 2.45) is 0 Å². The third-order valence-electron chi connectivity index (χ3n) is 3.04. The Bertz CT molecular complexity index is 668. The molecule has 0 aliphatic carbocycles. The number of carboxylic acid groups (broad SMARTS) is 1. The third-order valence-corrected chi connectivity index (χ3v) is 3.04. The van der Waals surface area contributed by atoms with Crippen LogP contribution in [0.3, 0.4) is 0 Å². The van der Waals surface area contributed by atoms with E-state index < -0.39 is 5.97 Å². The summed E-state index contributed by atoms with van der Waals surface area (Å²) in [5.41, 5.74) is 2.90. The Balaban J connectivity index is 2.06. The molecule has 0 spiro atoms. The van der Waals surface area contributed by atoms with E-state index in [1.54, 1.807) is 24.4 Å². The number of aromatic nitrogens is 1. The highest BCUT2D eigenvalue weighted by atomic mass is 16.4. The molecule has 0 radical (unpaired) electrons. The van der Waals surface area contributed by atoms with Crippen molar-refractivity contribution in [3.8, 4) is 0 Å². The number of hydrogen-bond donors (Lipinski definition) is 2. The van der Waals surface area contributed by atoms with Gasteiger partial charge in [0, 0.05) is 18.9 Å². The van der Waals surface area contributed by atoms with Crippen molar-refractivity contribution in [2.75, 3.05) is 0 Å². The predicted octanol–water partition coefficient (Wildman–Crippen LogP) is 1.95. The van der Waals surface area contributed by atoms with E-state index in [2.05, 4.69) is 10.3 Å². The fourth-order valence-corrected chi connectivity index (χ4v) is 2.02. The Kier molecular flexibility index (Phi) is 4.66. The molecule has 5 nitrogen and oxygen atoms in total. The Morgan fingerprint density at radius 2 is 1.90 bits per heavy atom. The normalized spacial score (nSPS) is 10.1. The number of nitrogens with one attached hydrogen (secondary N) is 1. The number of benzene rings is 1. The van der Waals surface area contributed by atoms with Crippen molar-refractivity contribution < 1.29 is 14.7 Å². The monoisotopic (exact) mass is 284 g/mol. The average molecular weight is 284 g/mol. The van der Waals surface area contributed by atoms with E-state index in [0.717, 1.165) is 11.1 Å². The lowest BCUT2D eigenvalue weighted by Crippen LogP contribution is -2.23. The molecule has 1 aromatic carbocycles. The molecular weight excluding hydrogens is 268 g/mol. The number of pyridine rings is 1. The Labute approximate surface area is 122 Å². The minimum absolute atomic E-state index is 0.0575. The largest absolute Gasteiger partial charge is 0.481 e. The number of aryl methyl sites for hydroxylation is 1. The topological polar surface area (TPSA) is 79.3 Å². The van der Waals surface area contributed by atoms with Crippen molar-refractivity contribution in [1.29, 1.82) is 0 Å². The number of rotatable bonds is 5. The van der Waals surface area contributed by atoms with Crippen molar-refractivity contribution in [3.05, 3.63) is 65.0 Å². The summed E-state index contributed by atoms with van der Waals surface area (Å²) in [4.78, 5) is 26.8. The summed E-state index contributed by atoms with van der Waals surface area (Å²) in [6.07, 6.45) is 3.13. The van der Waals surface area contributed by atoms with E-state index in [-0.39, 0.29) is 18.9 Å². The van der Waals surface area contributed by atoms with Gasteiger partial charge < -0.3 is 10.4 Å². The maximum absolute atomic E-state index is 12.0. The standard InChI is InChI=1S/C16H16N2O3/c1-11-6-14(9-17-8-11)16(21)18-10-13-5-3-2-4-12(13)7-15(19)20/h2-6,8-9H,7,10H2,1H3,(H,18,21)(H,19,20). The molecule has 1 amide bonds. The lowest BCUT2D eigenvalue weighted by molar-refractivity contribution is -0.136. The third kappa shape index (κ3) is 4.14. The lowest BCUT2D eigenvalue weighted by Gasteiger charge is -2.09. The Hall–Kier alpha value is -2.69. The van der Waals surface area contributed by atoms with Gasteiger partial charge in [0.15, 0.2) is 0 Å². The quantitative estimate of drug-likeness (QED) is 0.879. The van der Waals surface area contributed by atoms with Crippen LogP contribution in [-0.4, -0.2) is 22.0 Å². The summed E-state index contributed by atoms with van der Waals surface area (Å²) in [5.74, 6) is -1.12. The van der Waals surface area contributed by atoms with Crippen LogP contribution in [0.2, 0.25) is 0 Å². The van der Waals surface area contributed by atoms with Crippen LogP contribution in [0.25, 0.3) is 0 Å². The van der Waals surface area contributed by atoms with Crippen LogP contribution < -0.4 is 5.32 Å². The van der Waals surface area contributed by atoms with Crippen molar-refractivity contribution >= 4 is 11.9 Å². The van der Waals surface area contributed by atoms with Crippen molar-refractivity contribution in [1.82, 2.24) is 10.3 Å². The van der Waals surface area contributed by atoms with Gasteiger partial charge in [-0.05, 0) is 29.7 Å².